The maximum absolute atomic E-state index is 12.8. The number of hydrogen-bond donors (Lipinski definition) is 2. The van der Waals surface area contributed by atoms with Gasteiger partial charge in [-0.15, -0.1) is 0 Å². The van der Waals surface area contributed by atoms with E-state index in [9.17, 15) is 13.2 Å². The highest BCUT2D eigenvalue weighted by Crippen LogP contribution is 2.41. The Morgan fingerprint density at radius 3 is 2.71 bits per heavy atom. The standard InChI is InChI=1S/C16H20N6O4S2/c1-9(2)22-8-11-6-5-7-12(13(11)27-22)28(24,25)21-15(23)19-14-17-10(3)18-16(20-14)26-4/h5-7,9H,8H2,1-4H3,(H2,17,18,19,20,21,23). The largest absolute Gasteiger partial charge is 0.467 e. The van der Waals surface area contributed by atoms with Gasteiger partial charge >= 0.3 is 12.0 Å². The van der Waals surface area contributed by atoms with Crippen LogP contribution >= 0.6 is 11.9 Å². The summed E-state index contributed by atoms with van der Waals surface area (Å²) in [4.78, 5) is 24.6. The average molecular weight is 425 g/mol. The zero-order chi connectivity index (χ0) is 20.5. The summed E-state index contributed by atoms with van der Waals surface area (Å²) in [5.74, 6) is 0.201. The van der Waals surface area contributed by atoms with Crippen molar-refractivity contribution >= 4 is 34.0 Å². The van der Waals surface area contributed by atoms with E-state index < -0.39 is 16.1 Å². The molecule has 1 aromatic heterocycles. The van der Waals surface area contributed by atoms with E-state index in [4.69, 9.17) is 4.74 Å². The number of aromatic nitrogens is 3. The lowest BCUT2D eigenvalue weighted by Gasteiger charge is -2.17. The van der Waals surface area contributed by atoms with E-state index >= 15 is 0 Å². The van der Waals surface area contributed by atoms with Crippen molar-refractivity contribution in [3.05, 3.63) is 29.6 Å². The summed E-state index contributed by atoms with van der Waals surface area (Å²) < 4.78 is 34.5. The van der Waals surface area contributed by atoms with Crippen molar-refractivity contribution in [2.45, 2.75) is 43.1 Å². The number of rotatable bonds is 5. The first kappa shape index (κ1) is 20.3. The molecule has 0 radical (unpaired) electrons. The molecule has 0 saturated carbocycles. The lowest BCUT2D eigenvalue weighted by atomic mass is 10.2. The summed E-state index contributed by atoms with van der Waals surface area (Å²) in [5, 5.41) is 2.29. The zero-order valence-corrected chi connectivity index (χ0v) is 17.4. The van der Waals surface area contributed by atoms with Crippen LogP contribution in [0.5, 0.6) is 6.01 Å². The van der Waals surface area contributed by atoms with Crippen LogP contribution in [0.3, 0.4) is 0 Å². The molecule has 1 aliphatic rings. The number of aryl methyl sites for hydroxylation is 1. The first-order valence-corrected chi connectivity index (χ1v) is 10.6. The van der Waals surface area contributed by atoms with E-state index in [-0.39, 0.29) is 22.9 Å². The van der Waals surface area contributed by atoms with Gasteiger partial charge in [0, 0.05) is 17.5 Å². The highest BCUT2D eigenvalue weighted by atomic mass is 32.2. The third kappa shape index (κ3) is 4.34. The molecule has 28 heavy (non-hydrogen) atoms. The normalized spacial score (nSPS) is 14.0. The number of nitrogens with one attached hydrogen (secondary N) is 2. The fourth-order valence-electron chi connectivity index (χ4n) is 2.51. The van der Waals surface area contributed by atoms with Crippen LogP contribution < -0.4 is 14.8 Å². The van der Waals surface area contributed by atoms with Gasteiger partial charge in [-0.1, -0.05) is 12.1 Å². The molecule has 1 aromatic carbocycles. The van der Waals surface area contributed by atoms with E-state index in [2.05, 4.69) is 24.6 Å². The Labute approximate surface area is 167 Å². The Hall–Kier alpha value is -2.44. The van der Waals surface area contributed by atoms with Crippen molar-refractivity contribution < 1.29 is 17.9 Å². The van der Waals surface area contributed by atoms with Crippen molar-refractivity contribution in [2.24, 2.45) is 0 Å². The Morgan fingerprint density at radius 2 is 2.04 bits per heavy atom. The summed E-state index contributed by atoms with van der Waals surface area (Å²) in [6.45, 7) is 6.29. The van der Waals surface area contributed by atoms with Crippen LogP contribution in [-0.2, 0) is 16.6 Å². The zero-order valence-electron chi connectivity index (χ0n) is 15.8. The molecule has 3 rings (SSSR count). The van der Waals surface area contributed by atoms with Crippen molar-refractivity contribution in [2.75, 3.05) is 12.4 Å². The van der Waals surface area contributed by atoms with E-state index in [0.717, 1.165) is 5.56 Å². The second-order valence-electron chi connectivity index (χ2n) is 6.26. The molecule has 10 nitrogen and oxygen atoms in total. The number of hydrogen-bond acceptors (Lipinski definition) is 9. The highest BCUT2D eigenvalue weighted by molar-refractivity contribution is 7.98. The Morgan fingerprint density at radius 1 is 1.29 bits per heavy atom. The Bertz CT molecular complexity index is 1010. The number of nitrogens with zero attached hydrogens (tertiary/aromatic N) is 4. The fraction of sp³-hybridized carbons (Fsp3) is 0.375. The molecular formula is C16H20N6O4S2. The van der Waals surface area contributed by atoms with Gasteiger partial charge in [-0.2, -0.15) is 15.0 Å². The maximum atomic E-state index is 12.8. The van der Waals surface area contributed by atoms with Gasteiger partial charge in [0.2, 0.25) is 5.95 Å². The number of amides is 2. The minimum atomic E-state index is -4.09. The lowest BCUT2D eigenvalue weighted by molar-refractivity contribution is 0.256. The highest BCUT2D eigenvalue weighted by Gasteiger charge is 2.30. The number of anilines is 1. The number of methoxy groups -OCH3 is 1. The first-order chi connectivity index (χ1) is 13.2. The van der Waals surface area contributed by atoms with Crippen molar-refractivity contribution in [1.29, 1.82) is 0 Å². The third-order valence-electron chi connectivity index (χ3n) is 3.82. The number of ether oxygens (including phenoxy) is 1. The number of fused-ring (bicyclic) bond motifs is 1. The first-order valence-electron chi connectivity index (χ1n) is 8.36. The van der Waals surface area contributed by atoms with Gasteiger partial charge in [0.15, 0.2) is 0 Å². The number of urea groups is 1. The van der Waals surface area contributed by atoms with Crippen LogP contribution in [0.2, 0.25) is 0 Å². The molecule has 0 atom stereocenters. The molecule has 0 bridgehead atoms. The molecule has 2 aromatic rings. The molecule has 2 N–H and O–H groups in total. The van der Waals surface area contributed by atoms with Gasteiger partial charge in [-0.3, -0.25) is 5.32 Å². The van der Waals surface area contributed by atoms with Crippen LogP contribution in [0, 0.1) is 6.92 Å². The Balaban J connectivity index is 1.79. The molecule has 0 aliphatic carbocycles. The quantitative estimate of drug-likeness (QED) is 0.692. The molecule has 1 aliphatic heterocycles. The van der Waals surface area contributed by atoms with Gasteiger partial charge in [0.25, 0.3) is 10.0 Å². The molecule has 2 amide bonds. The van der Waals surface area contributed by atoms with Gasteiger partial charge in [-0.05, 0) is 44.3 Å². The predicted molar refractivity (Wildman–Crippen MR) is 103 cm³/mol. The van der Waals surface area contributed by atoms with E-state index in [1.165, 1.54) is 25.1 Å². The van der Waals surface area contributed by atoms with Crippen molar-refractivity contribution in [3.63, 3.8) is 0 Å². The number of sulfonamides is 1. The third-order valence-corrected chi connectivity index (χ3v) is 6.77. The predicted octanol–water partition coefficient (Wildman–Crippen LogP) is 1.93. The van der Waals surface area contributed by atoms with Crippen LogP contribution in [0.25, 0.3) is 0 Å². The molecule has 150 valence electrons. The van der Waals surface area contributed by atoms with Crippen molar-refractivity contribution in [1.82, 2.24) is 24.0 Å². The summed E-state index contributed by atoms with van der Waals surface area (Å²) in [7, 11) is -2.72. The van der Waals surface area contributed by atoms with Crippen LogP contribution in [0.4, 0.5) is 10.7 Å². The maximum Gasteiger partial charge on any atom is 0.335 e. The summed E-state index contributed by atoms with van der Waals surface area (Å²) in [6, 6.07) is 4.29. The molecule has 0 unspecified atom stereocenters. The second kappa shape index (κ2) is 7.89. The van der Waals surface area contributed by atoms with Gasteiger partial charge in [-0.25, -0.2) is 22.2 Å². The van der Waals surface area contributed by atoms with E-state index in [1.807, 2.05) is 24.6 Å². The Kier molecular flexibility index (Phi) is 5.72. The van der Waals surface area contributed by atoms with Gasteiger partial charge in [0.05, 0.1) is 7.11 Å². The molecule has 12 heteroatoms. The fourth-order valence-corrected chi connectivity index (χ4v) is 5.05. The summed E-state index contributed by atoms with van der Waals surface area (Å²) in [6.07, 6.45) is 0. The van der Waals surface area contributed by atoms with Gasteiger partial charge < -0.3 is 4.74 Å². The van der Waals surface area contributed by atoms with E-state index in [1.54, 1.807) is 13.0 Å². The lowest BCUT2D eigenvalue weighted by Crippen LogP contribution is -2.35. The van der Waals surface area contributed by atoms with Gasteiger partial charge in [0.1, 0.15) is 10.7 Å². The average Bonchev–Trinajstić information content (AvgIpc) is 3.04. The topological polar surface area (TPSA) is 126 Å². The molecule has 2 heterocycles. The molecule has 0 fully saturated rings. The minimum Gasteiger partial charge on any atom is -0.467 e. The van der Waals surface area contributed by atoms with E-state index in [0.29, 0.717) is 17.3 Å². The second-order valence-corrected chi connectivity index (χ2v) is 8.97. The number of benzene rings is 1. The monoisotopic (exact) mass is 424 g/mol. The van der Waals surface area contributed by atoms with Crippen LogP contribution in [-0.4, -0.2) is 46.9 Å². The summed E-state index contributed by atoms with van der Waals surface area (Å²) in [5.41, 5.74) is 0.903. The van der Waals surface area contributed by atoms with Crippen LogP contribution in [0.1, 0.15) is 25.2 Å². The van der Waals surface area contributed by atoms with Crippen LogP contribution in [0.15, 0.2) is 28.0 Å². The summed E-state index contributed by atoms with van der Waals surface area (Å²) >= 11 is 1.37. The molecule has 0 saturated heterocycles. The SMILES string of the molecule is COc1nc(C)nc(NC(=O)NS(=O)(=O)c2cccc3c2SN(C(C)C)C3)n1. The minimum absolute atomic E-state index is 0.0108. The molecule has 0 spiro atoms. The number of carbonyl (C=O) groups is 1. The number of carbonyl (C=O) groups excluding carboxylic acids is 1. The molecular weight excluding hydrogens is 404 g/mol. The van der Waals surface area contributed by atoms with Crippen molar-refractivity contribution in [3.8, 4) is 6.01 Å². The smallest absolute Gasteiger partial charge is 0.335 e.